The van der Waals surface area contributed by atoms with Crippen molar-refractivity contribution in [3.05, 3.63) is 62.8 Å². The predicted molar refractivity (Wildman–Crippen MR) is 101 cm³/mol. The molecule has 0 atom stereocenters. The Balaban J connectivity index is 2.04. The van der Waals surface area contributed by atoms with E-state index in [-0.39, 0.29) is 16.5 Å². The summed E-state index contributed by atoms with van der Waals surface area (Å²) >= 11 is 13.8. The second-order valence-electron chi connectivity index (χ2n) is 5.40. The van der Waals surface area contributed by atoms with Gasteiger partial charge in [0.25, 0.3) is 0 Å². The molecule has 0 N–H and O–H groups in total. The zero-order chi connectivity index (χ0) is 19.7. The number of rotatable bonds is 5. The first-order chi connectivity index (χ1) is 12.8. The number of hydrogen-bond donors (Lipinski definition) is 0. The lowest BCUT2D eigenvalue weighted by Gasteiger charge is -2.10. The Morgan fingerprint density at radius 3 is 2.37 bits per heavy atom. The molecule has 10 heteroatoms. The Bertz CT molecular complexity index is 1040. The number of alkyl halides is 2. The molecule has 2 aromatic carbocycles. The van der Waals surface area contributed by atoms with Crippen LogP contribution < -0.4 is 10.4 Å². The van der Waals surface area contributed by atoms with E-state index in [1.54, 1.807) is 25.3 Å². The summed E-state index contributed by atoms with van der Waals surface area (Å²) in [7, 11) is 1.57. The molecule has 27 heavy (non-hydrogen) atoms. The summed E-state index contributed by atoms with van der Waals surface area (Å²) in [6.07, 6.45) is 0. The number of halogens is 4. The molecule has 5 nitrogen and oxygen atoms in total. The predicted octanol–water partition coefficient (Wildman–Crippen LogP) is 5.20. The van der Waals surface area contributed by atoms with Crippen LogP contribution in [0.4, 0.5) is 8.78 Å². The van der Waals surface area contributed by atoms with E-state index in [1.165, 1.54) is 24.8 Å². The van der Waals surface area contributed by atoms with Gasteiger partial charge in [0, 0.05) is 9.79 Å². The maximum Gasteiger partial charge on any atom is 0.355 e. The minimum Gasteiger partial charge on any atom is -0.497 e. The van der Waals surface area contributed by atoms with Gasteiger partial charge in [-0.3, -0.25) is 0 Å². The zero-order valence-corrected chi connectivity index (χ0v) is 16.4. The highest BCUT2D eigenvalue weighted by molar-refractivity contribution is 7.99. The number of hydrogen-bond acceptors (Lipinski definition) is 4. The van der Waals surface area contributed by atoms with Gasteiger partial charge in [-0.05, 0) is 43.3 Å². The highest BCUT2D eigenvalue weighted by Crippen LogP contribution is 2.38. The number of methoxy groups -OCH3 is 1. The summed E-state index contributed by atoms with van der Waals surface area (Å²) in [6, 6.07) is 10.3. The van der Waals surface area contributed by atoms with E-state index in [4.69, 9.17) is 27.9 Å². The lowest BCUT2D eigenvalue weighted by molar-refractivity contribution is 0.0640. The fourth-order valence-electron chi connectivity index (χ4n) is 2.39. The number of benzene rings is 2. The molecule has 0 saturated heterocycles. The molecule has 0 fully saturated rings. The largest absolute Gasteiger partial charge is 0.497 e. The Hall–Kier alpha value is -2.03. The van der Waals surface area contributed by atoms with Crippen molar-refractivity contribution in [3.63, 3.8) is 0 Å². The third kappa shape index (κ3) is 3.97. The van der Waals surface area contributed by atoms with Gasteiger partial charge in [0.15, 0.2) is 0 Å². The fraction of sp³-hybridized carbons (Fsp3) is 0.176. The van der Waals surface area contributed by atoms with Crippen LogP contribution in [0.15, 0.2) is 51.0 Å². The van der Waals surface area contributed by atoms with Crippen molar-refractivity contribution < 1.29 is 13.5 Å². The number of aromatic nitrogens is 3. The van der Waals surface area contributed by atoms with Crippen molar-refractivity contribution >= 4 is 35.0 Å². The maximum atomic E-state index is 13.1. The van der Waals surface area contributed by atoms with Gasteiger partial charge in [-0.15, -0.1) is 5.10 Å². The van der Waals surface area contributed by atoms with Crippen LogP contribution in [0.3, 0.4) is 0 Å². The van der Waals surface area contributed by atoms with Crippen LogP contribution in [-0.4, -0.2) is 21.5 Å². The van der Waals surface area contributed by atoms with Crippen molar-refractivity contribution in [1.29, 1.82) is 0 Å². The zero-order valence-electron chi connectivity index (χ0n) is 14.1. The minimum atomic E-state index is -2.99. The average molecular weight is 432 g/mol. The van der Waals surface area contributed by atoms with Gasteiger partial charge >= 0.3 is 12.2 Å². The van der Waals surface area contributed by atoms with Gasteiger partial charge in [-0.2, -0.15) is 13.5 Å². The van der Waals surface area contributed by atoms with Crippen LogP contribution >= 0.6 is 35.0 Å². The summed E-state index contributed by atoms with van der Waals surface area (Å²) in [4.78, 5) is 13.7. The highest BCUT2D eigenvalue weighted by atomic mass is 35.5. The summed E-state index contributed by atoms with van der Waals surface area (Å²) < 4.78 is 32.4. The van der Waals surface area contributed by atoms with E-state index in [1.807, 2.05) is 12.1 Å². The van der Waals surface area contributed by atoms with E-state index in [0.29, 0.717) is 20.2 Å². The monoisotopic (exact) mass is 431 g/mol. The van der Waals surface area contributed by atoms with Gasteiger partial charge in [0.1, 0.15) is 11.6 Å². The van der Waals surface area contributed by atoms with E-state index in [0.717, 1.165) is 9.58 Å². The van der Waals surface area contributed by atoms with Crippen LogP contribution in [0.5, 0.6) is 5.75 Å². The van der Waals surface area contributed by atoms with Crippen LogP contribution in [-0.2, 0) is 0 Å². The molecule has 142 valence electrons. The molecule has 0 saturated carbocycles. The fourth-order valence-corrected chi connectivity index (χ4v) is 3.82. The molecule has 0 amide bonds. The van der Waals surface area contributed by atoms with Gasteiger partial charge in [-0.1, -0.05) is 35.0 Å². The first kappa shape index (κ1) is 19.7. The molecule has 0 aliphatic carbocycles. The van der Waals surface area contributed by atoms with E-state index in [9.17, 15) is 13.6 Å². The van der Waals surface area contributed by atoms with E-state index < -0.39 is 12.2 Å². The van der Waals surface area contributed by atoms with Gasteiger partial charge < -0.3 is 4.74 Å². The topological polar surface area (TPSA) is 49.0 Å². The van der Waals surface area contributed by atoms with Crippen molar-refractivity contribution in [2.24, 2.45) is 0 Å². The van der Waals surface area contributed by atoms with Crippen LogP contribution in [0.2, 0.25) is 10.0 Å². The maximum absolute atomic E-state index is 13.1. The minimum absolute atomic E-state index is 0.120. The molecule has 3 rings (SSSR count). The molecule has 0 bridgehead atoms. The Kier molecular flexibility index (Phi) is 5.78. The Morgan fingerprint density at radius 2 is 1.81 bits per heavy atom. The quantitative estimate of drug-likeness (QED) is 0.556. The SMILES string of the molecule is COc1ccc(Sc2cc(-n3nc(C)n(C(F)F)c3=O)c(Cl)cc2Cl)cc1. The lowest BCUT2D eigenvalue weighted by atomic mass is 10.3. The standard InChI is InChI=1S/C17H13Cl2F2N3O2S/c1-9-22-24(17(25)23(9)16(20)21)14-8-15(13(19)7-12(14)18)27-11-5-3-10(26-2)4-6-11/h3-8,16H,1-2H3. The second kappa shape index (κ2) is 7.92. The van der Waals surface area contributed by atoms with Crippen molar-refractivity contribution in [1.82, 2.24) is 14.3 Å². The summed E-state index contributed by atoms with van der Waals surface area (Å²) in [5.41, 5.74) is -0.809. The number of nitrogens with zero attached hydrogens (tertiary/aromatic N) is 3. The van der Waals surface area contributed by atoms with Gasteiger partial charge in [0.2, 0.25) is 0 Å². The summed E-state index contributed by atoms with van der Waals surface area (Å²) in [5.74, 6) is 0.590. The molecule has 3 aromatic rings. The summed E-state index contributed by atoms with van der Waals surface area (Å²) in [5, 5.41) is 4.39. The first-order valence-electron chi connectivity index (χ1n) is 7.59. The van der Waals surface area contributed by atoms with Gasteiger partial charge in [0.05, 0.1) is 22.8 Å². The van der Waals surface area contributed by atoms with Crippen molar-refractivity contribution in [3.8, 4) is 11.4 Å². The highest BCUT2D eigenvalue weighted by Gasteiger charge is 2.20. The van der Waals surface area contributed by atoms with Crippen molar-refractivity contribution in [2.45, 2.75) is 23.3 Å². The molecule has 0 spiro atoms. The molecular formula is C17H13Cl2F2N3O2S. The van der Waals surface area contributed by atoms with Crippen LogP contribution in [0.1, 0.15) is 12.4 Å². The summed E-state index contributed by atoms with van der Waals surface area (Å²) in [6.45, 7) is -1.67. The normalized spacial score (nSPS) is 11.2. The Morgan fingerprint density at radius 1 is 1.15 bits per heavy atom. The molecule has 0 radical (unpaired) electrons. The molecule has 0 aliphatic rings. The number of aryl methyl sites for hydroxylation is 1. The van der Waals surface area contributed by atoms with E-state index in [2.05, 4.69) is 5.10 Å². The molecule has 1 aromatic heterocycles. The average Bonchev–Trinajstić information content (AvgIpc) is 2.92. The third-order valence-corrected chi connectivity index (χ3v) is 5.49. The van der Waals surface area contributed by atoms with Crippen molar-refractivity contribution in [2.75, 3.05) is 7.11 Å². The lowest BCUT2D eigenvalue weighted by Crippen LogP contribution is -2.25. The van der Waals surface area contributed by atoms with E-state index >= 15 is 0 Å². The molecule has 0 unspecified atom stereocenters. The smallest absolute Gasteiger partial charge is 0.355 e. The Labute approximate surface area is 167 Å². The molecular weight excluding hydrogens is 419 g/mol. The third-order valence-electron chi connectivity index (χ3n) is 3.69. The first-order valence-corrected chi connectivity index (χ1v) is 9.16. The second-order valence-corrected chi connectivity index (χ2v) is 7.33. The molecule has 1 heterocycles. The van der Waals surface area contributed by atoms with Gasteiger partial charge in [-0.25, -0.2) is 9.36 Å². The van der Waals surface area contributed by atoms with Crippen LogP contribution in [0.25, 0.3) is 5.69 Å². The number of ether oxygens (including phenoxy) is 1. The molecule has 0 aliphatic heterocycles. The van der Waals surface area contributed by atoms with Crippen LogP contribution in [0, 0.1) is 6.92 Å².